The van der Waals surface area contributed by atoms with E-state index in [0.29, 0.717) is 39.2 Å². The van der Waals surface area contributed by atoms with Crippen molar-refractivity contribution in [3.63, 3.8) is 0 Å². The highest BCUT2D eigenvalue weighted by Crippen LogP contribution is 2.41. The number of nitrogens with zero attached hydrogens (tertiary/aromatic N) is 3. The summed E-state index contributed by atoms with van der Waals surface area (Å²) < 4.78 is 39.3. The highest BCUT2D eigenvalue weighted by molar-refractivity contribution is 6.29. The van der Waals surface area contributed by atoms with Gasteiger partial charge in [-0.05, 0) is 19.3 Å². The highest BCUT2D eigenvalue weighted by atomic mass is 35.5. The minimum absolute atomic E-state index is 0.0656. The highest BCUT2D eigenvalue weighted by Gasteiger charge is 2.43. The van der Waals surface area contributed by atoms with Crippen LogP contribution in [0.2, 0.25) is 5.15 Å². The first-order valence-electron chi connectivity index (χ1n) is 9.29. The van der Waals surface area contributed by atoms with E-state index in [4.69, 9.17) is 21.1 Å². The Balaban J connectivity index is 1.46. The average Bonchev–Trinajstić information content (AvgIpc) is 3.17. The Morgan fingerprint density at radius 3 is 2.93 bits per heavy atom. The lowest BCUT2D eigenvalue weighted by molar-refractivity contribution is -0.0389. The van der Waals surface area contributed by atoms with Crippen molar-refractivity contribution in [1.29, 1.82) is 0 Å². The molecule has 0 radical (unpaired) electrons. The number of carbonyl (C=O) groups is 1. The topological polar surface area (TPSA) is 68.6 Å². The van der Waals surface area contributed by atoms with Crippen LogP contribution in [0.4, 0.5) is 13.6 Å². The van der Waals surface area contributed by atoms with Gasteiger partial charge < -0.3 is 14.8 Å². The van der Waals surface area contributed by atoms with Crippen LogP contribution in [0.25, 0.3) is 0 Å². The van der Waals surface area contributed by atoms with E-state index in [1.807, 2.05) is 0 Å². The minimum atomic E-state index is -2.63. The second-order valence-electron chi connectivity index (χ2n) is 6.89. The van der Waals surface area contributed by atoms with Gasteiger partial charge in [-0.15, -0.1) is 0 Å². The van der Waals surface area contributed by atoms with Crippen molar-refractivity contribution in [3.8, 4) is 6.01 Å². The van der Waals surface area contributed by atoms with Gasteiger partial charge >= 0.3 is 12.0 Å². The number of aromatic nitrogens is 2. The largest absolute Gasteiger partial charge is 0.463 e. The molecule has 1 saturated carbocycles. The summed E-state index contributed by atoms with van der Waals surface area (Å²) in [6.07, 6.45) is 2.56. The van der Waals surface area contributed by atoms with Crippen molar-refractivity contribution in [2.45, 2.75) is 31.6 Å². The molecule has 0 spiro atoms. The SMILES string of the molecule is O=C(NCCC1CCCC1(F)F)n1cc(Cl)nc1OCCN1CCOCC1. The molecule has 1 atom stereocenters. The summed E-state index contributed by atoms with van der Waals surface area (Å²) in [6, 6.07) is -0.394. The summed E-state index contributed by atoms with van der Waals surface area (Å²) in [5.74, 6) is -3.30. The first-order valence-corrected chi connectivity index (χ1v) is 9.67. The number of nitrogens with one attached hydrogen (secondary N) is 1. The van der Waals surface area contributed by atoms with Gasteiger partial charge in [0.25, 0.3) is 5.92 Å². The maximum absolute atomic E-state index is 13.6. The van der Waals surface area contributed by atoms with Crippen molar-refractivity contribution in [3.05, 3.63) is 11.3 Å². The summed E-state index contributed by atoms with van der Waals surface area (Å²) in [5.41, 5.74) is 0. The van der Waals surface area contributed by atoms with E-state index in [-0.39, 0.29) is 30.5 Å². The molecule has 2 aliphatic rings. The molecule has 152 valence electrons. The number of imidazole rings is 1. The van der Waals surface area contributed by atoms with Gasteiger partial charge in [-0.25, -0.2) is 18.1 Å². The molecule has 0 bridgehead atoms. The van der Waals surface area contributed by atoms with Crippen LogP contribution in [0.1, 0.15) is 25.7 Å². The van der Waals surface area contributed by atoms with Crippen molar-refractivity contribution >= 4 is 17.6 Å². The lowest BCUT2D eigenvalue weighted by Crippen LogP contribution is -2.39. The first-order chi connectivity index (χ1) is 13.0. The third-order valence-electron chi connectivity index (χ3n) is 5.03. The molecule has 1 aromatic heterocycles. The van der Waals surface area contributed by atoms with E-state index < -0.39 is 17.9 Å². The van der Waals surface area contributed by atoms with Gasteiger partial charge in [-0.1, -0.05) is 11.6 Å². The Kier molecular flexibility index (Phi) is 6.88. The maximum Gasteiger partial charge on any atom is 0.329 e. The van der Waals surface area contributed by atoms with Crippen molar-refractivity contribution in [1.82, 2.24) is 19.8 Å². The predicted molar refractivity (Wildman–Crippen MR) is 95.7 cm³/mol. The van der Waals surface area contributed by atoms with E-state index in [1.165, 1.54) is 10.8 Å². The van der Waals surface area contributed by atoms with Crippen LogP contribution in [0, 0.1) is 5.92 Å². The smallest absolute Gasteiger partial charge is 0.329 e. The van der Waals surface area contributed by atoms with Gasteiger partial charge in [0.05, 0.1) is 19.4 Å². The van der Waals surface area contributed by atoms with Crippen LogP contribution in [0.15, 0.2) is 6.20 Å². The zero-order valence-corrected chi connectivity index (χ0v) is 15.9. The number of ether oxygens (including phenoxy) is 2. The predicted octanol–water partition coefficient (Wildman–Crippen LogP) is 2.63. The second kappa shape index (κ2) is 9.16. The van der Waals surface area contributed by atoms with E-state index in [9.17, 15) is 13.6 Å². The van der Waals surface area contributed by atoms with Crippen molar-refractivity contribution in [2.24, 2.45) is 5.92 Å². The summed E-state index contributed by atoms with van der Waals surface area (Å²) >= 11 is 5.89. The number of amides is 1. The molecule has 2 fully saturated rings. The summed E-state index contributed by atoms with van der Waals surface area (Å²) in [6.45, 7) is 4.28. The molecule has 2 heterocycles. The average molecular weight is 407 g/mol. The number of alkyl halides is 2. The third kappa shape index (κ3) is 5.52. The first kappa shape index (κ1) is 20.3. The van der Waals surface area contributed by atoms with Crippen molar-refractivity contribution < 1.29 is 23.0 Å². The Labute approximate surface area is 162 Å². The molecule has 3 rings (SSSR count). The number of hydrogen-bond acceptors (Lipinski definition) is 5. The fourth-order valence-electron chi connectivity index (χ4n) is 3.47. The number of halogens is 3. The molecule has 1 N–H and O–H groups in total. The van der Waals surface area contributed by atoms with Gasteiger partial charge in [0.15, 0.2) is 5.15 Å². The summed E-state index contributed by atoms with van der Waals surface area (Å²) in [7, 11) is 0. The fourth-order valence-corrected chi connectivity index (χ4v) is 3.64. The third-order valence-corrected chi connectivity index (χ3v) is 5.22. The van der Waals surface area contributed by atoms with Crippen LogP contribution >= 0.6 is 11.6 Å². The normalized spacial score (nSPS) is 22.7. The summed E-state index contributed by atoms with van der Waals surface area (Å²) in [5, 5.41) is 2.78. The monoisotopic (exact) mass is 406 g/mol. The van der Waals surface area contributed by atoms with Gasteiger partial charge in [-0.3, -0.25) is 4.90 Å². The molecule has 1 aliphatic heterocycles. The molecule has 1 aromatic rings. The zero-order valence-electron chi connectivity index (χ0n) is 15.1. The molecule has 1 unspecified atom stereocenters. The standard InChI is InChI=1S/C17H25ClF2N4O3/c18-14-12-24(15(25)21-5-3-13-2-1-4-17(13,19)20)16(22-14)27-11-8-23-6-9-26-10-7-23/h12-13H,1-11H2,(H,21,25). The fraction of sp³-hybridized carbons (Fsp3) is 0.765. The zero-order chi connectivity index (χ0) is 19.3. The summed E-state index contributed by atoms with van der Waals surface area (Å²) in [4.78, 5) is 18.5. The molecule has 10 heteroatoms. The molecule has 1 aliphatic carbocycles. The van der Waals surface area contributed by atoms with Crippen LogP contribution in [0.3, 0.4) is 0 Å². The maximum atomic E-state index is 13.6. The molecule has 27 heavy (non-hydrogen) atoms. The Morgan fingerprint density at radius 2 is 2.22 bits per heavy atom. The number of carbonyl (C=O) groups excluding carboxylic acids is 1. The molecule has 1 saturated heterocycles. The molecule has 1 amide bonds. The second-order valence-corrected chi connectivity index (χ2v) is 7.28. The van der Waals surface area contributed by atoms with Gasteiger partial charge in [0.2, 0.25) is 0 Å². The Bertz CT molecular complexity index is 638. The van der Waals surface area contributed by atoms with E-state index in [0.717, 1.165) is 13.1 Å². The Hall–Kier alpha value is -1.45. The Morgan fingerprint density at radius 1 is 1.44 bits per heavy atom. The van der Waals surface area contributed by atoms with Crippen LogP contribution in [-0.2, 0) is 4.74 Å². The van der Waals surface area contributed by atoms with Gasteiger partial charge in [-0.2, -0.15) is 4.98 Å². The van der Waals surface area contributed by atoms with E-state index >= 15 is 0 Å². The molecular weight excluding hydrogens is 382 g/mol. The number of hydrogen-bond donors (Lipinski definition) is 1. The van der Waals surface area contributed by atoms with Gasteiger partial charge in [0.1, 0.15) is 6.61 Å². The number of morpholine rings is 1. The van der Waals surface area contributed by atoms with E-state index in [2.05, 4.69) is 15.2 Å². The lowest BCUT2D eigenvalue weighted by Gasteiger charge is -2.26. The van der Waals surface area contributed by atoms with Crippen LogP contribution in [-0.4, -0.2) is 72.4 Å². The number of rotatable bonds is 7. The van der Waals surface area contributed by atoms with Crippen LogP contribution in [0.5, 0.6) is 6.01 Å². The minimum Gasteiger partial charge on any atom is -0.463 e. The van der Waals surface area contributed by atoms with Crippen molar-refractivity contribution in [2.75, 3.05) is 46.0 Å². The van der Waals surface area contributed by atoms with Crippen LogP contribution < -0.4 is 10.1 Å². The molecular formula is C17H25ClF2N4O3. The van der Waals surface area contributed by atoms with E-state index in [1.54, 1.807) is 0 Å². The van der Waals surface area contributed by atoms with Gasteiger partial charge in [0, 0.05) is 38.5 Å². The lowest BCUT2D eigenvalue weighted by atomic mass is 10.0. The quantitative estimate of drug-likeness (QED) is 0.754. The molecule has 7 nitrogen and oxygen atoms in total. The molecule has 0 aromatic carbocycles.